The van der Waals surface area contributed by atoms with E-state index >= 15 is 0 Å². The minimum absolute atomic E-state index is 0.0899. The Balaban J connectivity index is 1.68. The number of amides is 1. The largest absolute Gasteiger partial charge is 0.377 e. The lowest BCUT2D eigenvalue weighted by Gasteiger charge is -2.33. The number of hydrogen-bond donors (Lipinski definition) is 1. The average Bonchev–Trinajstić information content (AvgIpc) is 2.82. The van der Waals surface area contributed by atoms with Crippen LogP contribution in [0.3, 0.4) is 0 Å². The summed E-state index contributed by atoms with van der Waals surface area (Å²) in [6.45, 7) is 5.19. The molecule has 0 bridgehead atoms. The zero-order chi connectivity index (χ0) is 23.1. The van der Waals surface area contributed by atoms with Crippen molar-refractivity contribution < 1.29 is 22.7 Å². The van der Waals surface area contributed by atoms with E-state index in [9.17, 15) is 18.0 Å². The fourth-order valence-electron chi connectivity index (χ4n) is 3.73. The second-order valence-corrected chi connectivity index (χ2v) is 9.77. The maximum absolute atomic E-state index is 13.2. The highest BCUT2D eigenvalue weighted by Gasteiger charge is 2.37. The molecule has 1 aliphatic rings. The molecule has 0 aliphatic carbocycles. The molecule has 32 heavy (non-hydrogen) atoms. The van der Waals surface area contributed by atoms with E-state index in [1.165, 1.54) is 35.5 Å². The molecule has 0 aromatic heterocycles. The lowest BCUT2D eigenvalue weighted by atomic mass is 10.0. The number of carbonyl (C=O) groups is 2. The zero-order valence-electron chi connectivity index (χ0n) is 18.5. The maximum Gasteiger partial charge on any atom is 0.243 e. The Morgan fingerprint density at radius 3 is 2.31 bits per heavy atom. The lowest BCUT2D eigenvalue weighted by molar-refractivity contribution is -0.125. The van der Waals surface area contributed by atoms with Crippen LogP contribution in [-0.4, -0.2) is 43.6 Å². The van der Waals surface area contributed by atoms with E-state index in [4.69, 9.17) is 4.74 Å². The van der Waals surface area contributed by atoms with Gasteiger partial charge in [0.05, 0.1) is 11.5 Å². The summed E-state index contributed by atoms with van der Waals surface area (Å²) < 4.78 is 33.1. The van der Waals surface area contributed by atoms with Crippen LogP contribution in [0.5, 0.6) is 0 Å². The minimum Gasteiger partial charge on any atom is -0.377 e. The van der Waals surface area contributed by atoms with Crippen molar-refractivity contribution in [3.8, 4) is 0 Å². The first-order valence-corrected chi connectivity index (χ1v) is 12.3. The summed E-state index contributed by atoms with van der Waals surface area (Å²) >= 11 is 0. The van der Waals surface area contributed by atoms with Gasteiger partial charge in [-0.25, -0.2) is 8.42 Å². The summed E-state index contributed by atoms with van der Waals surface area (Å²) in [6, 6.07) is 12.9. The summed E-state index contributed by atoms with van der Waals surface area (Å²) in [7, 11) is -3.85. The third kappa shape index (κ3) is 5.82. The minimum atomic E-state index is -3.85. The third-order valence-electron chi connectivity index (χ3n) is 5.59. The van der Waals surface area contributed by atoms with Crippen molar-refractivity contribution in [3.05, 3.63) is 65.2 Å². The van der Waals surface area contributed by atoms with Crippen molar-refractivity contribution in [3.63, 3.8) is 0 Å². The number of ether oxygens (including phenoxy) is 1. The molecule has 2 aromatic carbocycles. The van der Waals surface area contributed by atoms with Crippen molar-refractivity contribution >= 4 is 21.7 Å². The van der Waals surface area contributed by atoms with E-state index in [0.717, 1.165) is 17.5 Å². The quantitative estimate of drug-likeness (QED) is 0.582. The molecule has 2 aromatic rings. The van der Waals surface area contributed by atoms with Crippen LogP contribution in [0.1, 0.15) is 54.6 Å². The first-order chi connectivity index (χ1) is 15.3. The van der Waals surface area contributed by atoms with Gasteiger partial charge in [-0.2, -0.15) is 4.31 Å². The molecular formula is C24H30N2O5S. The Hall–Kier alpha value is -2.55. The van der Waals surface area contributed by atoms with Gasteiger partial charge >= 0.3 is 0 Å². The Morgan fingerprint density at radius 2 is 1.69 bits per heavy atom. The van der Waals surface area contributed by atoms with Gasteiger partial charge in [0.15, 0.2) is 5.78 Å². The van der Waals surface area contributed by atoms with Gasteiger partial charge in [-0.3, -0.25) is 9.59 Å². The molecule has 1 heterocycles. The van der Waals surface area contributed by atoms with Gasteiger partial charge in [0, 0.05) is 25.3 Å². The number of sulfonamides is 1. The molecule has 7 nitrogen and oxygen atoms in total. The third-order valence-corrected chi connectivity index (χ3v) is 7.51. The molecule has 0 spiro atoms. The molecule has 1 N–H and O–H groups in total. The number of rotatable bonds is 9. The van der Waals surface area contributed by atoms with Crippen molar-refractivity contribution in [1.29, 1.82) is 0 Å². The summed E-state index contributed by atoms with van der Waals surface area (Å²) in [5.41, 5.74) is 2.44. The predicted octanol–water partition coefficient (Wildman–Crippen LogP) is 3.29. The number of Topliss-reactive ketones (excluding diaryl/α,β-unsaturated/α-hetero) is 1. The highest BCUT2D eigenvalue weighted by atomic mass is 32.2. The van der Waals surface area contributed by atoms with Crippen LogP contribution in [0, 0.1) is 0 Å². The number of piperidine rings is 1. The van der Waals surface area contributed by atoms with Crippen molar-refractivity contribution in [2.45, 2.75) is 57.2 Å². The summed E-state index contributed by atoms with van der Waals surface area (Å²) in [4.78, 5) is 24.5. The van der Waals surface area contributed by atoms with Crippen LogP contribution in [0.25, 0.3) is 0 Å². The summed E-state index contributed by atoms with van der Waals surface area (Å²) in [5, 5.41) is 2.89. The van der Waals surface area contributed by atoms with E-state index in [2.05, 4.69) is 5.32 Å². The molecule has 172 valence electrons. The van der Waals surface area contributed by atoms with Gasteiger partial charge in [-0.1, -0.05) is 42.8 Å². The molecule has 1 atom stereocenters. The van der Waals surface area contributed by atoms with Crippen LogP contribution < -0.4 is 5.32 Å². The van der Waals surface area contributed by atoms with Gasteiger partial charge in [0.25, 0.3) is 0 Å². The SMILES string of the molecule is CCOCc1ccc(CNC(=O)C2CCCCN2S(=O)(=O)c2ccc(C(C)=O)cc2)cc1. The maximum atomic E-state index is 13.2. The van der Waals surface area contributed by atoms with E-state index < -0.39 is 16.1 Å². The standard InChI is InChI=1S/C24H30N2O5S/c1-3-31-17-20-9-7-19(8-10-20)16-25-24(28)23-6-4-5-15-26(23)32(29,30)22-13-11-21(12-14-22)18(2)27/h7-14,23H,3-6,15-17H2,1-2H3,(H,25,28). The molecule has 1 aliphatic heterocycles. The average molecular weight is 459 g/mol. The van der Waals surface area contributed by atoms with E-state index in [1.807, 2.05) is 31.2 Å². The molecule has 0 saturated carbocycles. The first-order valence-electron chi connectivity index (χ1n) is 10.9. The van der Waals surface area contributed by atoms with Crippen LogP contribution in [-0.2, 0) is 32.7 Å². The van der Waals surface area contributed by atoms with E-state index in [1.54, 1.807) is 0 Å². The fraction of sp³-hybridized carbons (Fsp3) is 0.417. The topological polar surface area (TPSA) is 92.8 Å². The van der Waals surface area contributed by atoms with E-state index in [-0.39, 0.29) is 16.6 Å². The van der Waals surface area contributed by atoms with Crippen LogP contribution >= 0.6 is 0 Å². The van der Waals surface area contributed by atoms with Gasteiger partial charge in [-0.15, -0.1) is 0 Å². The second-order valence-electron chi connectivity index (χ2n) is 7.88. The highest BCUT2D eigenvalue weighted by molar-refractivity contribution is 7.89. The molecule has 8 heteroatoms. The Kier molecular flexibility index (Phi) is 8.17. The van der Waals surface area contributed by atoms with Crippen molar-refractivity contribution in [2.75, 3.05) is 13.2 Å². The summed E-state index contributed by atoms with van der Waals surface area (Å²) in [6.07, 6.45) is 1.97. The molecule has 0 radical (unpaired) electrons. The van der Waals surface area contributed by atoms with Crippen molar-refractivity contribution in [2.24, 2.45) is 0 Å². The number of hydrogen-bond acceptors (Lipinski definition) is 5. The molecule has 1 unspecified atom stereocenters. The van der Waals surface area contributed by atoms with Gasteiger partial charge in [0.1, 0.15) is 6.04 Å². The molecule has 1 amide bonds. The second kappa shape index (κ2) is 10.8. The Labute approximate surface area is 189 Å². The van der Waals surface area contributed by atoms with Crippen LogP contribution in [0.2, 0.25) is 0 Å². The number of carbonyl (C=O) groups excluding carboxylic acids is 2. The number of nitrogens with one attached hydrogen (secondary N) is 1. The fourth-order valence-corrected chi connectivity index (χ4v) is 5.39. The molecule has 1 fully saturated rings. The Morgan fingerprint density at radius 1 is 1.03 bits per heavy atom. The van der Waals surface area contributed by atoms with Crippen LogP contribution in [0.15, 0.2) is 53.4 Å². The van der Waals surface area contributed by atoms with Crippen LogP contribution in [0.4, 0.5) is 0 Å². The molecule has 3 rings (SSSR count). The molecule has 1 saturated heterocycles. The van der Waals surface area contributed by atoms with Gasteiger partial charge in [0.2, 0.25) is 15.9 Å². The Bertz CT molecular complexity index is 1030. The number of ketones is 1. The zero-order valence-corrected chi connectivity index (χ0v) is 19.4. The molecular weight excluding hydrogens is 428 g/mol. The highest BCUT2D eigenvalue weighted by Crippen LogP contribution is 2.26. The van der Waals surface area contributed by atoms with Crippen molar-refractivity contribution in [1.82, 2.24) is 9.62 Å². The first kappa shape index (κ1) is 24.1. The summed E-state index contributed by atoms with van der Waals surface area (Å²) in [5.74, 6) is -0.429. The van der Waals surface area contributed by atoms with Gasteiger partial charge in [-0.05, 0) is 49.9 Å². The predicted molar refractivity (Wildman–Crippen MR) is 122 cm³/mol. The normalized spacial score (nSPS) is 17.1. The number of nitrogens with zero attached hydrogens (tertiary/aromatic N) is 1. The van der Waals surface area contributed by atoms with E-state index in [0.29, 0.717) is 44.7 Å². The van der Waals surface area contributed by atoms with Gasteiger partial charge < -0.3 is 10.1 Å². The lowest BCUT2D eigenvalue weighted by Crippen LogP contribution is -2.51. The smallest absolute Gasteiger partial charge is 0.243 e. The number of benzene rings is 2. The monoisotopic (exact) mass is 458 g/mol.